The highest BCUT2D eigenvalue weighted by molar-refractivity contribution is 8.00. The van der Waals surface area contributed by atoms with Gasteiger partial charge in [-0.25, -0.2) is 4.98 Å². The number of carbonyl (C=O) groups is 1. The quantitative estimate of drug-likeness (QED) is 0.390. The van der Waals surface area contributed by atoms with Crippen molar-refractivity contribution in [2.45, 2.75) is 31.2 Å². The van der Waals surface area contributed by atoms with Crippen LogP contribution in [0.25, 0.3) is 16.6 Å². The summed E-state index contributed by atoms with van der Waals surface area (Å²) in [4.78, 5) is 29.9. The van der Waals surface area contributed by atoms with Gasteiger partial charge in [-0.1, -0.05) is 42.1 Å². The van der Waals surface area contributed by atoms with Crippen LogP contribution in [0.3, 0.4) is 0 Å². The molecule has 0 saturated carbocycles. The van der Waals surface area contributed by atoms with Crippen LogP contribution in [0.2, 0.25) is 0 Å². The number of esters is 1. The van der Waals surface area contributed by atoms with Crippen LogP contribution in [0.15, 0.2) is 58.5 Å². The number of benzene rings is 2. The van der Waals surface area contributed by atoms with Crippen molar-refractivity contribution in [1.29, 1.82) is 0 Å². The number of aromatic nitrogens is 2. The topological polar surface area (TPSA) is 61.2 Å². The Morgan fingerprint density at radius 1 is 1.19 bits per heavy atom. The summed E-state index contributed by atoms with van der Waals surface area (Å²) in [6.07, 6.45) is 0. The van der Waals surface area contributed by atoms with Crippen molar-refractivity contribution in [2.75, 3.05) is 6.61 Å². The minimum Gasteiger partial charge on any atom is -0.465 e. The van der Waals surface area contributed by atoms with Crippen LogP contribution >= 0.6 is 11.8 Å². The first kappa shape index (κ1) is 18.2. The number of rotatable bonds is 5. The van der Waals surface area contributed by atoms with Gasteiger partial charge in [0.05, 0.1) is 23.2 Å². The van der Waals surface area contributed by atoms with Gasteiger partial charge in [0.15, 0.2) is 5.16 Å². The fraction of sp³-hybridized carbons (Fsp3) is 0.250. The predicted octanol–water partition coefficient (Wildman–Crippen LogP) is 3.74. The number of thioether (sulfide) groups is 1. The molecule has 0 unspecified atom stereocenters. The first-order valence-electron chi connectivity index (χ1n) is 8.44. The van der Waals surface area contributed by atoms with Gasteiger partial charge in [-0.2, -0.15) is 0 Å². The van der Waals surface area contributed by atoms with E-state index in [0.717, 1.165) is 11.3 Å². The van der Waals surface area contributed by atoms with Crippen molar-refractivity contribution < 1.29 is 9.53 Å². The standard InChI is InChI=1S/C20H20N2O3S/c1-4-25-19(24)14(3)26-20-21-16-11-7-6-10-15(16)18(23)22(20)17-12-8-5-9-13(17)2/h5-12,14H,4H2,1-3H3/t14-/m1/s1. The average molecular weight is 368 g/mol. The maximum absolute atomic E-state index is 13.2. The largest absolute Gasteiger partial charge is 0.465 e. The number of nitrogens with zero attached hydrogens (tertiary/aromatic N) is 2. The molecule has 3 aromatic rings. The zero-order chi connectivity index (χ0) is 18.7. The van der Waals surface area contributed by atoms with E-state index >= 15 is 0 Å². The van der Waals surface area contributed by atoms with Gasteiger partial charge in [-0.05, 0) is 44.5 Å². The molecule has 26 heavy (non-hydrogen) atoms. The summed E-state index contributed by atoms with van der Waals surface area (Å²) in [5.41, 5.74) is 2.18. The van der Waals surface area contributed by atoms with Gasteiger partial charge in [0, 0.05) is 0 Å². The summed E-state index contributed by atoms with van der Waals surface area (Å²) in [6, 6.07) is 14.9. The van der Waals surface area contributed by atoms with Gasteiger partial charge in [-0.15, -0.1) is 0 Å². The van der Waals surface area contributed by atoms with Gasteiger partial charge in [0.25, 0.3) is 5.56 Å². The van der Waals surface area contributed by atoms with Crippen LogP contribution in [0.1, 0.15) is 19.4 Å². The number of fused-ring (bicyclic) bond motifs is 1. The van der Waals surface area contributed by atoms with E-state index in [2.05, 4.69) is 4.98 Å². The van der Waals surface area contributed by atoms with E-state index < -0.39 is 5.25 Å². The number of carbonyl (C=O) groups excluding carboxylic acids is 1. The Hall–Kier alpha value is -2.60. The van der Waals surface area contributed by atoms with Crippen LogP contribution in [0.5, 0.6) is 0 Å². The molecule has 0 aliphatic heterocycles. The van der Waals surface area contributed by atoms with Crippen molar-refractivity contribution in [2.24, 2.45) is 0 Å². The summed E-state index contributed by atoms with van der Waals surface area (Å²) >= 11 is 1.23. The molecule has 1 atom stereocenters. The van der Waals surface area contributed by atoms with Crippen molar-refractivity contribution in [3.8, 4) is 5.69 Å². The predicted molar refractivity (Wildman–Crippen MR) is 104 cm³/mol. The molecule has 5 nitrogen and oxygen atoms in total. The molecule has 0 aliphatic carbocycles. The average Bonchev–Trinajstić information content (AvgIpc) is 2.63. The first-order chi connectivity index (χ1) is 12.5. The molecule has 0 amide bonds. The van der Waals surface area contributed by atoms with Crippen molar-refractivity contribution in [3.63, 3.8) is 0 Å². The number of hydrogen-bond donors (Lipinski definition) is 0. The first-order valence-corrected chi connectivity index (χ1v) is 9.32. The molecule has 0 fully saturated rings. The molecular weight excluding hydrogens is 348 g/mol. The molecular formula is C20H20N2O3S. The molecule has 3 rings (SSSR count). The van der Waals surface area contributed by atoms with Crippen LogP contribution in [0.4, 0.5) is 0 Å². The Balaban J connectivity index is 2.20. The second-order valence-electron chi connectivity index (χ2n) is 5.85. The molecule has 134 valence electrons. The summed E-state index contributed by atoms with van der Waals surface area (Å²) in [5, 5.41) is 0.547. The summed E-state index contributed by atoms with van der Waals surface area (Å²) in [5.74, 6) is -0.323. The van der Waals surface area contributed by atoms with Crippen molar-refractivity contribution >= 4 is 28.6 Å². The zero-order valence-corrected chi connectivity index (χ0v) is 15.7. The van der Waals surface area contributed by atoms with Crippen molar-refractivity contribution in [3.05, 3.63) is 64.4 Å². The third kappa shape index (κ3) is 3.51. The fourth-order valence-corrected chi connectivity index (χ4v) is 3.60. The van der Waals surface area contributed by atoms with E-state index in [0.29, 0.717) is 22.7 Å². The molecule has 0 N–H and O–H groups in total. The summed E-state index contributed by atoms with van der Waals surface area (Å²) < 4.78 is 6.67. The lowest BCUT2D eigenvalue weighted by Crippen LogP contribution is -2.24. The SMILES string of the molecule is CCOC(=O)[C@@H](C)Sc1nc2ccccc2c(=O)n1-c1ccccc1C. The third-order valence-electron chi connectivity index (χ3n) is 4.00. The summed E-state index contributed by atoms with van der Waals surface area (Å²) in [6.45, 7) is 5.79. The molecule has 0 saturated heterocycles. The Kier molecular flexibility index (Phi) is 5.42. The van der Waals surface area contributed by atoms with E-state index in [1.54, 1.807) is 30.5 Å². The van der Waals surface area contributed by atoms with Gasteiger partial charge in [0.2, 0.25) is 0 Å². The van der Waals surface area contributed by atoms with Crippen LogP contribution in [-0.4, -0.2) is 27.4 Å². The highest BCUT2D eigenvalue weighted by atomic mass is 32.2. The Morgan fingerprint density at radius 3 is 2.62 bits per heavy atom. The van der Waals surface area contributed by atoms with E-state index in [1.807, 2.05) is 43.3 Å². The van der Waals surface area contributed by atoms with Gasteiger partial charge >= 0.3 is 5.97 Å². The lowest BCUT2D eigenvalue weighted by atomic mass is 10.2. The number of hydrogen-bond acceptors (Lipinski definition) is 5. The molecule has 2 aromatic carbocycles. The van der Waals surface area contributed by atoms with Crippen LogP contribution in [0, 0.1) is 6.92 Å². The minimum absolute atomic E-state index is 0.150. The lowest BCUT2D eigenvalue weighted by molar-refractivity contribution is -0.142. The molecule has 0 aliphatic rings. The zero-order valence-electron chi connectivity index (χ0n) is 14.9. The third-order valence-corrected chi connectivity index (χ3v) is 5.03. The smallest absolute Gasteiger partial charge is 0.319 e. The molecule has 0 bridgehead atoms. The maximum atomic E-state index is 13.2. The monoisotopic (exact) mass is 368 g/mol. The second kappa shape index (κ2) is 7.74. The van der Waals surface area contributed by atoms with E-state index in [4.69, 9.17) is 4.74 Å². The van der Waals surface area contributed by atoms with Gasteiger partial charge < -0.3 is 4.74 Å². The van der Waals surface area contributed by atoms with E-state index in [-0.39, 0.29) is 11.5 Å². The second-order valence-corrected chi connectivity index (χ2v) is 7.16. The van der Waals surface area contributed by atoms with Crippen LogP contribution in [-0.2, 0) is 9.53 Å². The summed E-state index contributed by atoms with van der Waals surface area (Å²) in [7, 11) is 0. The number of aryl methyl sites for hydroxylation is 1. The normalized spacial score (nSPS) is 12.1. The van der Waals surface area contributed by atoms with E-state index in [1.165, 1.54) is 11.8 Å². The highest BCUT2D eigenvalue weighted by Crippen LogP contribution is 2.26. The molecule has 1 heterocycles. The number of para-hydroxylation sites is 2. The maximum Gasteiger partial charge on any atom is 0.319 e. The lowest BCUT2D eigenvalue weighted by Gasteiger charge is -2.17. The number of ether oxygens (including phenoxy) is 1. The Labute approximate surface area is 156 Å². The fourth-order valence-electron chi connectivity index (χ4n) is 2.68. The van der Waals surface area contributed by atoms with Crippen LogP contribution < -0.4 is 5.56 Å². The Bertz CT molecular complexity index is 1010. The van der Waals surface area contributed by atoms with E-state index in [9.17, 15) is 9.59 Å². The van der Waals surface area contributed by atoms with Gasteiger partial charge in [-0.3, -0.25) is 14.2 Å². The molecule has 6 heteroatoms. The Morgan fingerprint density at radius 2 is 1.88 bits per heavy atom. The van der Waals surface area contributed by atoms with Gasteiger partial charge in [0.1, 0.15) is 5.25 Å². The minimum atomic E-state index is -0.474. The molecule has 0 spiro atoms. The molecule has 1 aromatic heterocycles. The molecule has 0 radical (unpaired) electrons. The highest BCUT2D eigenvalue weighted by Gasteiger charge is 2.21. The van der Waals surface area contributed by atoms with Crippen molar-refractivity contribution in [1.82, 2.24) is 9.55 Å².